The van der Waals surface area contributed by atoms with Gasteiger partial charge >= 0.3 is 0 Å². The van der Waals surface area contributed by atoms with Crippen molar-refractivity contribution in [3.05, 3.63) is 12.3 Å². The van der Waals surface area contributed by atoms with Crippen LogP contribution in [0.15, 0.2) is 12.3 Å². The summed E-state index contributed by atoms with van der Waals surface area (Å²) >= 11 is 0. The van der Waals surface area contributed by atoms with Crippen molar-refractivity contribution < 1.29 is 14.3 Å². The Morgan fingerprint density at radius 1 is 1.69 bits per heavy atom. The van der Waals surface area contributed by atoms with E-state index >= 15 is 0 Å². The maximum atomic E-state index is 12.4. The van der Waals surface area contributed by atoms with Crippen LogP contribution < -0.4 is 0 Å². The molecular formula is C12H19NO3. The number of ether oxygens (including phenoxy) is 2. The predicted molar refractivity (Wildman–Crippen MR) is 59.8 cm³/mol. The van der Waals surface area contributed by atoms with E-state index < -0.39 is 5.41 Å². The van der Waals surface area contributed by atoms with Gasteiger partial charge in [0.05, 0.1) is 18.9 Å². The van der Waals surface area contributed by atoms with Crippen molar-refractivity contribution in [3.63, 3.8) is 0 Å². The molecule has 2 aliphatic heterocycles. The van der Waals surface area contributed by atoms with Gasteiger partial charge in [-0.3, -0.25) is 4.79 Å². The molecule has 90 valence electrons. The van der Waals surface area contributed by atoms with E-state index in [1.807, 2.05) is 17.9 Å². The summed E-state index contributed by atoms with van der Waals surface area (Å²) < 4.78 is 10.3. The Hall–Kier alpha value is -1.03. The van der Waals surface area contributed by atoms with E-state index in [2.05, 4.69) is 0 Å². The Morgan fingerprint density at radius 2 is 2.50 bits per heavy atom. The Kier molecular flexibility index (Phi) is 3.19. The topological polar surface area (TPSA) is 38.8 Å². The van der Waals surface area contributed by atoms with Crippen molar-refractivity contribution in [2.24, 2.45) is 5.41 Å². The SMILES string of the molecule is COC[C@@H]1CCCN1C(=O)C1(C)C=COC1. The molecule has 0 spiro atoms. The first-order valence-electron chi connectivity index (χ1n) is 5.77. The second-order valence-corrected chi connectivity index (χ2v) is 4.78. The molecule has 0 radical (unpaired) electrons. The second kappa shape index (κ2) is 4.45. The lowest BCUT2D eigenvalue weighted by Crippen LogP contribution is -2.46. The number of nitrogens with zero attached hydrogens (tertiary/aromatic N) is 1. The number of carbonyl (C=O) groups is 1. The van der Waals surface area contributed by atoms with Gasteiger partial charge in [0.1, 0.15) is 12.0 Å². The zero-order chi connectivity index (χ0) is 11.6. The predicted octanol–water partition coefficient (Wildman–Crippen LogP) is 1.17. The Morgan fingerprint density at radius 3 is 3.12 bits per heavy atom. The summed E-state index contributed by atoms with van der Waals surface area (Å²) in [5.41, 5.74) is -0.476. The molecule has 0 saturated carbocycles. The van der Waals surface area contributed by atoms with Gasteiger partial charge in [0.2, 0.25) is 5.91 Å². The Labute approximate surface area is 96.2 Å². The standard InChI is InChI=1S/C12H19NO3/c1-12(5-7-16-9-12)11(14)13-6-3-4-10(13)8-15-2/h5,7,10H,3-4,6,8-9H2,1-2H3/t10-,12?/m0/s1. The largest absolute Gasteiger partial charge is 0.500 e. The maximum absolute atomic E-state index is 12.4. The van der Waals surface area contributed by atoms with Crippen LogP contribution in [0.3, 0.4) is 0 Å². The van der Waals surface area contributed by atoms with Crippen molar-refractivity contribution in [2.75, 3.05) is 26.9 Å². The molecule has 1 saturated heterocycles. The molecule has 16 heavy (non-hydrogen) atoms. The van der Waals surface area contributed by atoms with Crippen LogP contribution in [-0.4, -0.2) is 43.7 Å². The van der Waals surface area contributed by atoms with Gasteiger partial charge in [-0.2, -0.15) is 0 Å². The minimum Gasteiger partial charge on any atom is -0.500 e. The average molecular weight is 225 g/mol. The number of hydrogen-bond acceptors (Lipinski definition) is 3. The highest BCUT2D eigenvalue weighted by atomic mass is 16.5. The molecule has 4 nitrogen and oxygen atoms in total. The van der Waals surface area contributed by atoms with Gasteiger partial charge in [-0.25, -0.2) is 0 Å². The fourth-order valence-electron chi connectivity index (χ4n) is 2.40. The lowest BCUT2D eigenvalue weighted by molar-refractivity contribution is -0.141. The molecule has 0 N–H and O–H groups in total. The van der Waals surface area contributed by atoms with Crippen LogP contribution in [0.2, 0.25) is 0 Å². The minimum atomic E-state index is -0.476. The molecule has 4 heteroatoms. The number of rotatable bonds is 3. The average Bonchev–Trinajstić information content (AvgIpc) is 2.88. The van der Waals surface area contributed by atoms with Crippen LogP contribution in [0.1, 0.15) is 19.8 Å². The molecule has 2 heterocycles. The van der Waals surface area contributed by atoms with E-state index in [9.17, 15) is 4.79 Å². The lowest BCUT2D eigenvalue weighted by atomic mass is 9.91. The van der Waals surface area contributed by atoms with Gasteiger partial charge in [-0.15, -0.1) is 0 Å². The molecule has 0 aromatic heterocycles. The van der Waals surface area contributed by atoms with Crippen LogP contribution in [0.5, 0.6) is 0 Å². The second-order valence-electron chi connectivity index (χ2n) is 4.78. The third kappa shape index (κ3) is 1.94. The molecule has 1 fully saturated rings. The lowest BCUT2D eigenvalue weighted by Gasteiger charge is -2.30. The number of methoxy groups -OCH3 is 1. The summed E-state index contributed by atoms with van der Waals surface area (Å²) in [6.45, 7) is 3.87. The summed E-state index contributed by atoms with van der Waals surface area (Å²) in [4.78, 5) is 14.3. The van der Waals surface area contributed by atoms with Crippen LogP contribution in [-0.2, 0) is 14.3 Å². The third-order valence-electron chi connectivity index (χ3n) is 3.40. The zero-order valence-electron chi connectivity index (χ0n) is 9.94. The normalized spacial score (nSPS) is 33.1. The van der Waals surface area contributed by atoms with Crippen molar-refractivity contribution in [3.8, 4) is 0 Å². The molecule has 0 aliphatic carbocycles. The molecule has 0 aromatic carbocycles. The number of amides is 1. The minimum absolute atomic E-state index is 0.167. The van der Waals surface area contributed by atoms with E-state index in [1.165, 1.54) is 0 Å². The van der Waals surface area contributed by atoms with Crippen molar-refractivity contribution in [1.29, 1.82) is 0 Å². The zero-order valence-corrected chi connectivity index (χ0v) is 9.94. The van der Waals surface area contributed by atoms with E-state index in [0.29, 0.717) is 13.2 Å². The van der Waals surface area contributed by atoms with E-state index in [-0.39, 0.29) is 11.9 Å². The third-order valence-corrected chi connectivity index (χ3v) is 3.40. The Balaban J connectivity index is 2.06. The molecule has 0 bridgehead atoms. The smallest absolute Gasteiger partial charge is 0.236 e. The van der Waals surface area contributed by atoms with Crippen LogP contribution in [0.25, 0.3) is 0 Å². The molecule has 2 atom stereocenters. The number of likely N-dealkylation sites (tertiary alicyclic amines) is 1. The van der Waals surface area contributed by atoms with Crippen molar-refractivity contribution in [2.45, 2.75) is 25.8 Å². The summed E-state index contributed by atoms with van der Waals surface area (Å²) in [6.07, 6.45) is 5.59. The van der Waals surface area contributed by atoms with Crippen LogP contribution >= 0.6 is 0 Å². The monoisotopic (exact) mass is 225 g/mol. The summed E-state index contributed by atoms with van der Waals surface area (Å²) in [6, 6.07) is 0.239. The number of carbonyl (C=O) groups excluding carboxylic acids is 1. The first-order valence-corrected chi connectivity index (χ1v) is 5.77. The van der Waals surface area contributed by atoms with Gasteiger partial charge in [0.15, 0.2) is 0 Å². The highest BCUT2D eigenvalue weighted by Gasteiger charge is 2.41. The molecule has 2 rings (SSSR count). The first kappa shape index (κ1) is 11.5. The molecule has 1 unspecified atom stereocenters. The molecular weight excluding hydrogens is 206 g/mol. The number of hydrogen-bond donors (Lipinski definition) is 0. The summed E-state index contributed by atoms with van der Waals surface area (Å²) in [7, 11) is 1.68. The molecule has 0 aromatic rings. The fourth-order valence-corrected chi connectivity index (χ4v) is 2.40. The van der Waals surface area contributed by atoms with Gasteiger partial charge in [0.25, 0.3) is 0 Å². The summed E-state index contributed by atoms with van der Waals surface area (Å²) in [5, 5.41) is 0. The van der Waals surface area contributed by atoms with Gasteiger partial charge in [-0.05, 0) is 25.8 Å². The van der Waals surface area contributed by atoms with Gasteiger partial charge in [-0.1, -0.05) is 0 Å². The highest BCUT2D eigenvalue weighted by molar-refractivity contribution is 5.85. The van der Waals surface area contributed by atoms with Crippen LogP contribution in [0.4, 0.5) is 0 Å². The van der Waals surface area contributed by atoms with Gasteiger partial charge < -0.3 is 14.4 Å². The fraction of sp³-hybridized carbons (Fsp3) is 0.750. The maximum Gasteiger partial charge on any atom is 0.236 e. The van der Waals surface area contributed by atoms with Gasteiger partial charge in [0, 0.05) is 13.7 Å². The summed E-state index contributed by atoms with van der Waals surface area (Å²) in [5.74, 6) is 0.167. The first-order chi connectivity index (χ1) is 7.67. The quantitative estimate of drug-likeness (QED) is 0.724. The van der Waals surface area contributed by atoms with E-state index in [0.717, 1.165) is 19.4 Å². The molecule has 1 amide bonds. The van der Waals surface area contributed by atoms with Crippen molar-refractivity contribution >= 4 is 5.91 Å². The van der Waals surface area contributed by atoms with Crippen LogP contribution in [0, 0.1) is 5.41 Å². The van der Waals surface area contributed by atoms with E-state index in [1.54, 1.807) is 13.4 Å². The van der Waals surface area contributed by atoms with E-state index in [4.69, 9.17) is 9.47 Å². The van der Waals surface area contributed by atoms with Crippen molar-refractivity contribution in [1.82, 2.24) is 4.90 Å². The highest BCUT2D eigenvalue weighted by Crippen LogP contribution is 2.30. The Bertz CT molecular complexity index is 303. The molecule has 2 aliphatic rings.